The molecular formula is C16H15F3N4O. The Morgan fingerprint density at radius 3 is 2.75 bits per heavy atom. The Balaban J connectivity index is 1.85. The molecule has 1 aliphatic rings. The minimum Gasteiger partial charge on any atom is -0.310 e. The van der Waals surface area contributed by atoms with Gasteiger partial charge < -0.3 is 5.32 Å². The summed E-state index contributed by atoms with van der Waals surface area (Å²) in [6.45, 7) is 1.44. The van der Waals surface area contributed by atoms with E-state index in [1.165, 1.54) is 13.1 Å². The van der Waals surface area contributed by atoms with Crippen LogP contribution in [0.5, 0.6) is 0 Å². The van der Waals surface area contributed by atoms with Crippen molar-refractivity contribution in [2.24, 2.45) is 5.92 Å². The molecule has 0 aliphatic heterocycles. The zero-order chi connectivity index (χ0) is 17.3. The second kappa shape index (κ2) is 6.18. The number of anilines is 1. The Morgan fingerprint density at radius 2 is 2.08 bits per heavy atom. The van der Waals surface area contributed by atoms with Gasteiger partial charge in [0.25, 0.3) is 0 Å². The number of aromatic nitrogens is 3. The van der Waals surface area contributed by atoms with Crippen molar-refractivity contribution in [3.05, 3.63) is 47.2 Å². The third kappa shape index (κ3) is 3.37. The minimum atomic E-state index is -4.56. The van der Waals surface area contributed by atoms with Crippen molar-refractivity contribution in [3.8, 4) is 0 Å². The van der Waals surface area contributed by atoms with E-state index in [2.05, 4.69) is 20.3 Å². The Morgan fingerprint density at radius 1 is 1.29 bits per heavy atom. The van der Waals surface area contributed by atoms with E-state index in [-0.39, 0.29) is 23.7 Å². The smallest absolute Gasteiger partial charge is 0.310 e. The molecule has 0 aromatic carbocycles. The van der Waals surface area contributed by atoms with E-state index in [1.54, 1.807) is 18.2 Å². The highest BCUT2D eigenvalue weighted by Crippen LogP contribution is 2.36. The number of fused-ring (bicyclic) bond motifs is 1. The van der Waals surface area contributed by atoms with Crippen molar-refractivity contribution in [3.63, 3.8) is 0 Å². The number of hydrogen-bond donors (Lipinski definition) is 1. The Hall–Kier alpha value is -2.51. The summed E-state index contributed by atoms with van der Waals surface area (Å²) in [5.74, 6) is -0.429. The van der Waals surface area contributed by atoms with E-state index in [1.807, 2.05) is 0 Å². The van der Waals surface area contributed by atoms with Crippen molar-refractivity contribution in [1.29, 1.82) is 0 Å². The van der Waals surface area contributed by atoms with Gasteiger partial charge in [0.05, 0.1) is 0 Å². The number of aryl methyl sites for hydroxylation is 2. The maximum absolute atomic E-state index is 13.2. The number of nitrogens with zero attached hydrogens (tertiary/aromatic N) is 3. The molecule has 1 N–H and O–H groups in total. The molecule has 3 rings (SSSR count). The number of halogens is 3. The fourth-order valence-electron chi connectivity index (χ4n) is 2.86. The monoisotopic (exact) mass is 336 g/mol. The molecule has 0 saturated carbocycles. The van der Waals surface area contributed by atoms with E-state index < -0.39 is 17.8 Å². The van der Waals surface area contributed by atoms with Crippen LogP contribution in [0.15, 0.2) is 24.4 Å². The van der Waals surface area contributed by atoms with Crippen molar-refractivity contribution in [2.45, 2.75) is 32.4 Å². The van der Waals surface area contributed by atoms with E-state index in [0.717, 1.165) is 0 Å². The summed E-state index contributed by atoms with van der Waals surface area (Å²) in [7, 11) is 0. The van der Waals surface area contributed by atoms with Crippen molar-refractivity contribution >= 4 is 11.7 Å². The van der Waals surface area contributed by atoms with Gasteiger partial charge in [-0.2, -0.15) is 13.2 Å². The van der Waals surface area contributed by atoms with Gasteiger partial charge in [-0.1, -0.05) is 6.07 Å². The number of rotatable bonds is 2. The lowest BCUT2D eigenvalue weighted by Gasteiger charge is -2.25. The van der Waals surface area contributed by atoms with Crippen LogP contribution in [0.25, 0.3) is 0 Å². The molecule has 0 bridgehead atoms. The first-order valence-electron chi connectivity index (χ1n) is 7.50. The second-order valence-electron chi connectivity index (χ2n) is 5.69. The predicted octanol–water partition coefficient (Wildman–Crippen LogP) is 2.94. The largest absolute Gasteiger partial charge is 0.433 e. The first kappa shape index (κ1) is 16.4. The second-order valence-corrected chi connectivity index (χ2v) is 5.69. The number of carbonyl (C=O) groups is 1. The van der Waals surface area contributed by atoms with Gasteiger partial charge in [0.2, 0.25) is 5.91 Å². The third-order valence-electron chi connectivity index (χ3n) is 3.94. The minimum absolute atomic E-state index is 0.0247. The van der Waals surface area contributed by atoms with Gasteiger partial charge in [-0.05, 0) is 38.3 Å². The first-order valence-corrected chi connectivity index (χ1v) is 7.50. The maximum Gasteiger partial charge on any atom is 0.433 e. The molecule has 126 valence electrons. The molecule has 1 aliphatic carbocycles. The number of carbonyl (C=O) groups excluding carboxylic acids is 1. The molecule has 0 fully saturated rings. The molecule has 2 aromatic heterocycles. The number of alkyl halides is 3. The van der Waals surface area contributed by atoms with E-state index in [0.29, 0.717) is 24.4 Å². The average Bonchev–Trinajstić information content (AvgIpc) is 2.53. The summed E-state index contributed by atoms with van der Waals surface area (Å²) in [5.41, 5.74) is -0.516. The summed E-state index contributed by atoms with van der Waals surface area (Å²) in [6, 6.07) is 5.06. The molecule has 24 heavy (non-hydrogen) atoms. The van der Waals surface area contributed by atoms with Gasteiger partial charge in [-0.3, -0.25) is 4.79 Å². The lowest BCUT2D eigenvalue weighted by atomic mass is 9.85. The van der Waals surface area contributed by atoms with E-state index >= 15 is 0 Å². The number of hydrogen-bond acceptors (Lipinski definition) is 4. The molecular weight excluding hydrogens is 321 g/mol. The lowest BCUT2D eigenvalue weighted by molar-refractivity contribution is -0.142. The molecule has 5 nitrogen and oxygen atoms in total. The topological polar surface area (TPSA) is 67.8 Å². The third-order valence-corrected chi connectivity index (χ3v) is 3.94. The standard InChI is InChI=1S/C16H15F3N4O/c1-9-21-12-6-5-10(8-11(12)14(22-9)16(17,18)19)15(24)23-13-4-2-3-7-20-13/h2-4,7,10H,5-6,8H2,1H3,(H,20,23,24)/t10-/m0/s1. The Labute approximate surface area is 136 Å². The summed E-state index contributed by atoms with van der Waals surface area (Å²) >= 11 is 0. The number of amides is 1. The normalized spacial score (nSPS) is 17.2. The highest BCUT2D eigenvalue weighted by atomic mass is 19.4. The van der Waals surface area contributed by atoms with Gasteiger partial charge in [0.1, 0.15) is 11.6 Å². The highest BCUT2D eigenvalue weighted by Gasteiger charge is 2.39. The van der Waals surface area contributed by atoms with Crippen LogP contribution in [0.4, 0.5) is 19.0 Å². The molecule has 2 aromatic rings. The van der Waals surface area contributed by atoms with Gasteiger partial charge >= 0.3 is 6.18 Å². The zero-order valence-electron chi connectivity index (χ0n) is 12.9. The van der Waals surface area contributed by atoms with Crippen LogP contribution >= 0.6 is 0 Å². The van der Waals surface area contributed by atoms with Crippen LogP contribution in [0.2, 0.25) is 0 Å². The van der Waals surface area contributed by atoms with Crippen LogP contribution in [0, 0.1) is 12.8 Å². The molecule has 0 saturated heterocycles. The van der Waals surface area contributed by atoms with E-state index in [9.17, 15) is 18.0 Å². The molecule has 2 heterocycles. The first-order chi connectivity index (χ1) is 11.3. The zero-order valence-corrected chi connectivity index (χ0v) is 12.9. The molecule has 8 heteroatoms. The maximum atomic E-state index is 13.2. The van der Waals surface area contributed by atoms with Crippen LogP contribution in [0.1, 0.15) is 29.2 Å². The summed E-state index contributed by atoms with van der Waals surface area (Å²) < 4.78 is 39.7. The summed E-state index contributed by atoms with van der Waals surface area (Å²) in [4.78, 5) is 24.0. The van der Waals surface area contributed by atoms with Gasteiger partial charge in [0.15, 0.2) is 5.69 Å². The summed E-state index contributed by atoms with van der Waals surface area (Å²) in [6.07, 6.45) is -2.29. The number of pyridine rings is 1. The SMILES string of the molecule is Cc1nc2c(c(C(F)(F)F)n1)C[C@@H](C(=O)Nc1ccccn1)CC2. The van der Waals surface area contributed by atoms with Crippen LogP contribution in [-0.4, -0.2) is 20.9 Å². The van der Waals surface area contributed by atoms with Crippen LogP contribution < -0.4 is 5.32 Å². The summed E-state index contributed by atoms with van der Waals surface area (Å²) in [5, 5.41) is 2.64. The number of nitrogens with one attached hydrogen (secondary N) is 1. The molecule has 1 amide bonds. The van der Waals surface area contributed by atoms with Gasteiger partial charge in [-0.25, -0.2) is 15.0 Å². The quantitative estimate of drug-likeness (QED) is 0.915. The van der Waals surface area contributed by atoms with Gasteiger partial charge in [0, 0.05) is 23.4 Å². The molecule has 0 spiro atoms. The fourth-order valence-corrected chi connectivity index (χ4v) is 2.86. The predicted molar refractivity (Wildman–Crippen MR) is 80.2 cm³/mol. The Kier molecular flexibility index (Phi) is 4.21. The average molecular weight is 336 g/mol. The highest BCUT2D eigenvalue weighted by molar-refractivity contribution is 5.92. The van der Waals surface area contributed by atoms with Gasteiger partial charge in [-0.15, -0.1) is 0 Å². The molecule has 0 unspecified atom stereocenters. The van der Waals surface area contributed by atoms with Crippen LogP contribution in [-0.2, 0) is 23.8 Å². The van der Waals surface area contributed by atoms with Crippen molar-refractivity contribution < 1.29 is 18.0 Å². The fraction of sp³-hybridized carbons (Fsp3) is 0.375. The molecule has 1 atom stereocenters. The van der Waals surface area contributed by atoms with Crippen molar-refractivity contribution in [2.75, 3.05) is 5.32 Å². The van der Waals surface area contributed by atoms with Crippen molar-refractivity contribution in [1.82, 2.24) is 15.0 Å². The van der Waals surface area contributed by atoms with Crippen LogP contribution in [0.3, 0.4) is 0 Å². The Bertz CT molecular complexity index is 762. The van der Waals surface area contributed by atoms with E-state index in [4.69, 9.17) is 0 Å². The molecule has 0 radical (unpaired) electrons. The lowest BCUT2D eigenvalue weighted by Crippen LogP contribution is -2.31.